The van der Waals surface area contributed by atoms with Gasteiger partial charge in [-0.2, -0.15) is 4.90 Å². The van der Waals surface area contributed by atoms with Gasteiger partial charge < -0.3 is 31.1 Å². The number of H-pyrrole nitrogens is 2. The Morgan fingerprint density at radius 3 is 2.59 bits per heavy atom. The van der Waals surface area contributed by atoms with E-state index in [1.54, 1.807) is 18.3 Å². The summed E-state index contributed by atoms with van der Waals surface area (Å²) < 4.78 is 1.53. The number of hydrogen-bond acceptors (Lipinski definition) is 5. The number of aromatic amines is 2. The van der Waals surface area contributed by atoms with E-state index in [0.717, 1.165) is 10.9 Å². The molecule has 0 saturated heterocycles. The average Bonchev–Trinajstić information content (AvgIpc) is 3.18. The van der Waals surface area contributed by atoms with Crippen molar-refractivity contribution in [2.75, 3.05) is 11.9 Å². The lowest BCUT2D eigenvalue weighted by Crippen LogP contribution is -2.30. The van der Waals surface area contributed by atoms with Crippen LogP contribution >= 0.6 is 0 Å². The van der Waals surface area contributed by atoms with Crippen molar-refractivity contribution in [2.24, 2.45) is 0 Å². The maximum absolute atomic E-state index is 11.6. The number of rotatable bonds is 5. The number of imidazole rings is 1. The van der Waals surface area contributed by atoms with Crippen molar-refractivity contribution in [3.05, 3.63) is 86.7 Å². The minimum Gasteiger partial charge on any atom is -0.744 e. The molecule has 0 bridgehead atoms. The number of nitrogens with zero attached hydrogens (tertiary/aromatic N) is 3. The van der Waals surface area contributed by atoms with Gasteiger partial charge in [-0.15, -0.1) is 0 Å². The molecule has 0 unspecified atom stereocenters. The molecular weight excluding hydrogens is 376 g/mol. The van der Waals surface area contributed by atoms with E-state index in [0.29, 0.717) is 36.5 Å². The van der Waals surface area contributed by atoms with Gasteiger partial charge in [-0.3, -0.25) is 4.90 Å². The molecule has 0 saturated carbocycles. The van der Waals surface area contributed by atoms with Crippen LogP contribution in [0.3, 0.4) is 0 Å². The van der Waals surface area contributed by atoms with Gasteiger partial charge in [-0.05, 0) is 18.6 Å². The summed E-state index contributed by atoms with van der Waals surface area (Å²) in [6, 6.07) is 12.5. The number of benzene rings is 2. The molecule has 0 radical (unpaired) electrons. The Morgan fingerprint density at radius 2 is 1.79 bits per heavy atom. The summed E-state index contributed by atoms with van der Waals surface area (Å²) in [5.41, 5.74) is 2.63. The standard InChI is InChI=1S/C19H18N6O4/c26-24(27)16-8-3-7-15-17(16)18(13-5-1-2-6-14(13)22-15)20-9-4-11-23-12-10-21-19(23)25(28)29/h1-3,5-8,10,12,20-22H,4,9,11H2/q-2. The molecule has 1 aromatic heterocycles. The second-order valence-corrected chi connectivity index (χ2v) is 6.52. The van der Waals surface area contributed by atoms with Gasteiger partial charge >= 0.3 is 5.62 Å². The summed E-state index contributed by atoms with van der Waals surface area (Å²) in [6.07, 6.45) is 3.73. The van der Waals surface area contributed by atoms with Gasteiger partial charge in [0.2, 0.25) is 5.36 Å². The Hall–Kier alpha value is -4.08. The molecule has 10 nitrogen and oxygen atoms in total. The Kier molecular flexibility index (Phi) is 4.73. The fraction of sp³-hybridized carbons (Fsp3) is 0.158. The number of anilines is 1. The van der Waals surface area contributed by atoms with E-state index in [1.807, 2.05) is 24.3 Å². The highest BCUT2D eigenvalue weighted by Gasteiger charge is 2.17. The molecule has 4 rings (SSSR count). The quantitative estimate of drug-likeness (QED) is 0.266. The van der Waals surface area contributed by atoms with Crippen LogP contribution in [0.1, 0.15) is 6.42 Å². The molecule has 0 spiro atoms. The van der Waals surface area contributed by atoms with Crippen LogP contribution in [-0.2, 0) is 6.54 Å². The van der Waals surface area contributed by atoms with Crippen LogP contribution in [0.2, 0.25) is 0 Å². The Morgan fingerprint density at radius 1 is 0.966 bits per heavy atom. The zero-order valence-electron chi connectivity index (χ0n) is 15.3. The molecule has 0 fully saturated rings. The third kappa shape index (κ3) is 3.43. The first-order valence-electron chi connectivity index (χ1n) is 9.02. The first-order chi connectivity index (χ1) is 14.1. The van der Waals surface area contributed by atoms with Gasteiger partial charge in [0.1, 0.15) is 0 Å². The number of aromatic nitrogens is 3. The van der Waals surface area contributed by atoms with Crippen molar-refractivity contribution in [3.8, 4) is 11.3 Å². The SMILES string of the molecule is [O-][N+]([O-])=c1cccc2[nH]c3ccccc3c(NCCCn3cc[nH]c3=[N+]([O-])[O-])c1-2. The van der Waals surface area contributed by atoms with Crippen LogP contribution in [0.5, 0.6) is 0 Å². The highest BCUT2D eigenvalue weighted by molar-refractivity contribution is 6.00. The first-order valence-corrected chi connectivity index (χ1v) is 9.02. The van der Waals surface area contributed by atoms with Crippen molar-refractivity contribution in [2.45, 2.75) is 13.0 Å². The van der Waals surface area contributed by atoms with Crippen LogP contribution in [0.25, 0.3) is 22.2 Å². The molecular formula is C19H18N6O4-2. The summed E-state index contributed by atoms with van der Waals surface area (Å²) in [5, 5.41) is 49.3. The molecule has 0 atom stereocenters. The summed E-state index contributed by atoms with van der Waals surface area (Å²) >= 11 is 0. The lowest BCUT2D eigenvalue weighted by molar-refractivity contribution is 0.608. The molecule has 2 aliphatic rings. The average molecular weight is 394 g/mol. The van der Waals surface area contributed by atoms with E-state index in [2.05, 4.69) is 15.3 Å². The number of pyridine rings is 1. The van der Waals surface area contributed by atoms with Crippen molar-refractivity contribution in [1.82, 2.24) is 24.3 Å². The Labute approximate surface area is 164 Å². The van der Waals surface area contributed by atoms with Gasteiger partial charge in [-0.1, -0.05) is 24.3 Å². The number of aryl methyl sites for hydroxylation is 1. The maximum Gasteiger partial charge on any atom is 0.358 e. The van der Waals surface area contributed by atoms with Crippen molar-refractivity contribution >= 4 is 16.6 Å². The molecule has 1 aromatic carbocycles. The summed E-state index contributed by atoms with van der Waals surface area (Å²) in [7, 11) is 0. The highest BCUT2D eigenvalue weighted by Crippen LogP contribution is 2.32. The lowest BCUT2D eigenvalue weighted by atomic mass is 10.0. The van der Waals surface area contributed by atoms with E-state index in [4.69, 9.17) is 0 Å². The van der Waals surface area contributed by atoms with Gasteiger partial charge in [-0.25, -0.2) is 9.55 Å². The van der Waals surface area contributed by atoms with Crippen LogP contribution in [0, 0.1) is 20.8 Å². The molecule has 1 aliphatic carbocycles. The molecule has 150 valence electrons. The number of hydrogen-bond donors (Lipinski definition) is 3. The van der Waals surface area contributed by atoms with Gasteiger partial charge in [0, 0.05) is 23.5 Å². The number of nitrogens with one attached hydrogen (secondary N) is 3. The molecule has 2 heterocycles. The lowest BCUT2D eigenvalue weighted by Gasteiger charge is -2.18. The maximum atomic E-state index is 11.6. The molecule has 2 aromatic rings. The van der Waals surface area contributed by atoms with Crippen LogP contribution < -0.4 is 26.1 Å². The fourth-order valence-corrected chi connectivity index (χ4v) is 3.49. The summed E-state index contributed by atoms with van der Waals surface area (Å²) in [6.45, 7) is 0.925. The molecule has 0 amide bonds. The van der Waals surface area contributed by atoms with E-state index in [-0.39, 0.29) is 11.0 Å². The topological polar surface area (TPSA) is 147 Å². The van der Waals surface area contributed by atoms with Crippen molar-refractivity contribution < 1.29 is 0 Å². The molecule has 10 heteroatoms. The third-order valence-corrected chi connectivity index (χ3v) is 4.74. The minimum absolute atomic E-state index is 0.0163. The second-order valence-electron chi connectivity index (χ2n) is 6.52. The molecule has 3 N–H and O–H groups in total. The zero-order chi connectivity index (χ0) is 20.4. The van der Waals surface area contributed by atoms with E-state index < -0.39 is 9.80 Å². The third-order valence-electron chi connectivity index (χ3n) is 4.74. The van der Waals surface area contributed by atoms with E-state index >= 15 is 0 Å². The number of para-hydroxylation sites is 1. The van der Waals surface area contributed by atoms with Crippen LogP contribution in [0.15, 0.2) is 54.9 Å². The van der Waals surface area contributed by atoms with E-state index in [1.165, 1.54) is 16.8 Å². The predicted octanol–water partition coefficient (Wildman–Crippen LogP) is 1.44. The Bertz CT molecular complexity index is 1260. The van der Waals surface area contributed by atoms with Crippen LogP contribution in [0.4, 0.5) is 5.69 Å². The summed E-state index contributed by atoms with van der Waals surface area (Å²) in [5.74, 6) is 0. The van der Waals surface area contributed by atoms with Gasteiger partial charge in [0.15, 0.2) is 0 Å². The Balaban J connectivity index is 1.69. The van der Waals surface area contributed by atoms with Crippen LogP contribution in [-0.4, -0.2) is 21.1 Å². The predicted molar refractivity (Wildman–Crippen MR) is 111 cm³/mol. The van der Waals surface area contributed by atoms with Gasteiger partial charge in [0.05, 0.1) is 35.9 Å². The molecule has 29 heavy (non-hydrogen) atoms. The molecule has 1 aliphatic heterocycles. The monoisotopic (exact) mass is 394 g/mol. The van der Waals surface area contributed by atoms with Crippen molar-refractivity contribution in [1.29, 1.82) is 0 Å². The first kappa shape index (κ1) is 18.3. The van der Waals surface area contributed by atoms with Crippen molar-refractivity contribution in [3.63, 3.8) is 0 Å². The smallest absolute Gasteiger partial charge is 0.358 e. The van der Waals surface area contributed by atoms with Gasteiger partial charge in [0.25, 0.3) is 0 Å². The second kappa shape index (κ2) is 7.50. The largest absolute Gasteiger partial charge is 0.744 e. The highest BCUT2D eigenvalue weighted by atomic mass is 16.8. The minimum atomic E-state index is -0.467. The van der Waals surface area contributed by atoms with E-state index in [9.17, 15) is 20.8 Å². The number of fused-ring (bicyclic) bond motifs is 2. The summed E-state index contributed by atoms with van der Waals surface area (Å²) in [4.78, 5) is 4.99. The normalized spacial score (nSPS) is 11.0. The zero-order valence-corrected chi connectivity index (χ0v) is 15.3. The fourth-order valence-electron chi connectivity index (χ4n) is 3.49.